The molecule has 0 saturated heterocycles. The van der Waals surface area contributed by atoms with Crippen molar-refractivity contribution in [2.24, 2.45) is 17.3 Å². The van der Waals surface area contributed by atoms with Gasteiger partial charge >= 0.3 is 0 Å². The van der Waals surface area contributed by atoms with Crippen LogP contribution in [0, 0.1) is 6.92 Å². The smallest absolute Gasteiger partial charge is 0.243 e. The highest BCUT2D eigenvalue weighted by atomic mass is 32.1. The van der Waals surface area contributed by atoms with Crippen molar-refractivity contribution in [3.05, 3.63) is 54.1 Å². The van der Waals surface area contributed by atoms with Crippen LogP contribution in [0.3, 0.4) is 0 Å². The van der Waals surface area contributed by atoms with Crippen LogP contribution in [0.1, 0.15) is 5.56 Å². The van der Waals surface area contributed by atoms with E-state index in [1.54, 1.807) is 6.20 Å². The second kappa shape index (κ2) is 7.15. The fraction of sp³-hybridized carbons (Fsp3) is 0.250. The first-order valence-electron chi connectivity index (χ1n) is 7.37. The number of hydrogen-bond acceptors (Lipinski definition) is 5. The number of azo groups is 1. The molecule has 0 aliphatic rings. The van der Waals surface area contributed by atoms with Gasteiger partial charge in [-0.15, -0.1) is 21.6 Å². The van der Waals surface area contributed by atoms with Crippen molar-refractivity contribution in [1.29, 1.82) is 0 Å². The number of hydrogen-bond donors (Lipinski definition) is 1. The molecule has 0 fully saturated rings. The molecule has 0 atom stereocenters. The van der Waals surface area contributed by atoms with Gasteiger partial charge in [-0.3, -0.25) is 0 Å². The molecule has 118 valence electrons. The molecule has 0 saturated carbocycles. The Hall–Kier alpha value is -2.54. The van der Waals surface area contributed by atoms with Crippen LogP contribution < -0.4 is 9.88 Å². The van der Waals surface area contributed by atoms with E-state index in [4.69, 9.17) is 0 Å². The number of imidazole rings is 1. The highest BCUT2D eigenvalue weighted by Crippen LogP contribution is 2.24. The van der Waals surface area contributed by atoms with E-state index in [-0.39, 0.29) is 0 Å². The molecule has 0 amide bonds. The van der Waals surface area contributed by atoms with Crippen molar-refractivity contribution in [3.63, 3.8) is 0 Å². The minimum Gasteiger partial charge on any atom is -0.381 e. The molecule has 23 heavy (non-hydrogen) atoms. The van der Waals surface area contributed by atoms with Crippen LogP contribution in [0.4, 0.5) is 16.5 Å². The standard InChI is InChI=1S/C16H19N6S/c1-13-11-14(19-20-16-18-6-10-23-16)3-4-15(13)17-5-7-22-9-8-21(2)12-22/h3-4,6,8-12,17H,5,7H2,1-2H3/q+1. The van der Waals surface area contributed by atoms with E-state index in [1.165, 1.54) is 11.3 Å². The minimum atomic E-state index is 0.671. The summed E-state index contributed by atoms with van der Waals surface area (Å²) in [6, 6.07) is 6.03. The van der Waals surface area contributed by atoms with Crippen LogP contribution >= 0.6 is 11.3 Å². The van der Waals surface area contributed by atoms with Gasteiger partial charge in [-0.25, -0.2) is 14.1 Å². The highest BCUT2D eigenvalue weighted by molar-refractivity contribution is 7.13. The molecule has 0 bridgehead atoms. The first-order chi connectivity index (χ1) is 11.2. The molecule has 0 spiro atoms. The van der Waals surface area contributed by atoms with Crippen LogP contribution in [0.25, 0.3) is 0 Å². The van der Waals surface area contributed by atoms with Crippen LogP contribution in [0.5, 0.6) is 0 Å². The van der Waals surface area contributed by atoms with Gasteiger partial charge in [0.1, 0.15) is 18.9 Å². The summed E-state index contributed by atoms with van der Waals surface area (Å²) in [7, 11) is 2.02. The van der Waals surface area contributed by atoms with E-state index in [0.717, 1.165) is 30.0 Å². The maximum absolute atomic E-state index is 4.22. The largest absolute Gasteiger partial charge is 0.381 e. The van der Waals surface area contributed by atoms with Crippen LogP contribution in [-0.4, -0.2) is 16.1 Å². The van der Waals surface area contributed by atoms with Crippen LogP contribution in [-0.2, 0) is 13.6 Å². The van der Waals surface area contributed by atoms with Crippen molar-refractivity contribution in [3.8, 4) is 0 Å². The van der Waals surface area contributed by atoms with E-state index in [0.29, 0.717) is 5.13 Å². The molecule has 3 aromatic rings. The lowest BCUT2D eigenvalue weighted by Gasteiger charge is -2.08. The van der Waals surface area contributed by atoms with Gasteiger partial charge < -0.3 is 5.32 Å². The van der Waals surface area contributed by atoms with Crippen molar-refractivity contribution in [2.45, 2.75) is 13.5 Å². The fourth-order valence-corrected chi connectivity index (χ4v) is 2.68. The van der Waals surface area contributed by atoms with E-state index >= 15 is 0 Å². The molecule has 6 nitrogen and oxygen atoms in total. The molecule has 0 unspecified atom stereocenters. The van der Waals surface area contributed by atoms with Gasteiger partial charge in [-0.2, -0.15) is 0 Å². The molecule has 0 radical (unpaired) electrons. The van der Waals surface area contributed by atoms with E-state index in [9.17, 15) is 0 Å². The van der Waals surface area contributed by atoms with E-state index < -0.39 is 0 Å². The van der Waals surface area contributed by atoms with Crippen LogP contribution in [0.15, 0.2) is 58.7 Å². The summed E-state index contributed by atoms with van der Waals surface area (Å²) in [5, 5.41) is 14.3. The number of thiazole rings is 1. The van der Waals surface area contributed by atoms with Gasteiger partial charge in [0.05, 0.1) is 19.3 Å². The van der Waals surface area contributed by atoms with Gasteiger partial charge in [-0.05, 0) is 30.7 Å². The molecular formula is C16H19N6S+. The maximum atomic E-state index is 4.22. The number of benzene rings is 1. The molecule has 1 aromatic carbocycles. The van der Waals surface area contributed by atoms with Crippen molar-refractivity contribution >= 4 is 27.8 Å². The SMILES string of the molecule is Cc1cc(N=Nc2nccs2)ccc1NCCn1cc[n+](C)c1. The Bertz CT molecular complexity index is 791. The third kappa shape index (κ3) is 4.23. The second-order valence-corrected chi connectivity index (χ2v) is 6.13. The normalized spacial score (nSPS) is 11.2. The van der Waals surface area contributed by atoms with Crippen molar-refractivity contribution < 1.29 is 4.57 Å². The lowest BCUT2D eigenvalue weighted by molar-refractivity contribution is -0.671. The van der Waals surface area contributed by atoms with Gasteiger partial charge in [-0.1, -0.05) is 0 Å². The van der Waals surface area contributed by atoms with Gasteiger partial charge in [0.25, 0.3) is 0 Å². The monoisotopic (exact) mass is 327 g/mol. The molecular weight excluding hydrogens is 308 g/mol. The summed E-state index contributed by atoms with van der Waals surface area (Å²) in [6.07, 6.45) is 7.89. The van der Waals surface area contributed by atoms with Crippen molar-refractivity contribution in [1.82, 2.24) is 9.55 Å². The Balaban J connectivity index is 1.58. The quantitative estimate of drug-likeness (QED) is 0.555. The first kappa shape index (κ1) is 15.4. The van der Waals surface area contributed by atoms with Gasteiger partial charge in [0.2, 0.25) is 11.5 Å². The van der Waals surface area contributed by atoms with Gasteiger partial charge in [0.15, 0.2) is 0 Å². The predicted octanol–water partition coefficient (Wildman–Crippen LogP) is 3.61. The number of aromatic nitrogens is 3. The molecule has 1 N–H and O–H groups in total. The molecule has 3 rings (SSSR count). The average molecular weight is 327 g/mol. The molecule has 2 aromatic heterocycles. The summed E-state index contributed by atoms with van der Waals surface area (Å²) >= 11 is 1.47. The highest BCUT2D eigenvalue weighted by Gasteiger charge is 2.02. The zero-order chi connectivity index (χ0) is 16.1. The molecule has 0 aliphatic heterocycles. The average Bonchev–Trinajstić information content (AvgIpc) is 3.19. The minimum absolute atomic E-state index is 0.671. The molecule has 2 heterocycles. The zero-order valence-electron chi connectivity index (χ0n) is 13.2. The van der Waals surface area contributed by atoms with E-state index in [2.05, 4.69) is 44.5 Å². The predicted molar refractivity (Wildman–Crippen MR) is 91.6 cm³/mol. The van der Waals surface area contributed by atoms with E-state index in [1.807, 2.05) is 41.4 Å². The summed E-state index contributed by atoms with van der Waals surface area (Å²) in [5.41, 5.74) is 3.11. The molecule has 7 heteroatoms. The fourth-order valence-electron chi connectivity index (χ4n) is 2.23. The summed E-state index contributed by atoms with van der Waals surface area (Å²) in [4.78, 5) is 4.08. The van der Waals surface area contributed by atoms with Gasteiger partial charge in [0, 0.05) is 17.3 Å². The topological polar surface area (TPSA) is 58.5 Å². The number of rotatable bonds is 6. The maximum Gasteiger partial charge on any atom is 0.243 e. The number of nitrogens with zero attached hydrogens (tertiary/aromatic N) is 5. The lowest BCUT2D eigenvalue weighted by atomic mass is 10.2. The Morgan fingerprint density at radius 2 is 2.26 bits per heavy atom. The Kier molecular flexibility index (Phi) is 4.77. The number of aryl methyl sites for hydroxylation is 2. The number of nitrogens with one attached hydrogen (secondary N) is 1. The zero-order valence-corrected chi connectivity index (χ0v) is 14.0. The van der Waals surface area contributed by atoms with Crippen molar-refractivity contribution in [2.75, 3.05) is 11.9 Å². The Morgan fingerprint density at radius 3 is 2.96 bits per heavy atom. The Labute approximate surface area is 139 Å². The lowest BCUT2D eigenvalue weighted by Crippen LogP contribution is -2.24. The summed E-state index contributed by atoms with van der Waals surface area (Å²) in [5.74, 6) is 0. The second-order valence-electron chi connectivity index (χ2n) is 5.26. The summed E-state index contributed by atoms with van der Waals surface area (Å²) in [6.45, 7) is 3.86. The van der Waals surface area contributed by atoms with Crippen LogP contribution in [0.2, 0.25) is 0 Å². The summed E-state index contributed by atoms with van der Waals surface area (Å²) < 4.78 is 4.19. The third-order valence-corrected chi connectivity index (χ3v) is 4.05. The third-order valence-electron chi connectivity index (χ3n) is 3.39. The molecule has 0 aliphatic carbocycles. The first-order valence-corrected chi connectivity index (χ1v) is 8.25. The number of anilines is 1. The Morgan fingerprint density at radius 1 is 1.35 bits per heavy atom.